The van der Waals surface area contributed by atoms with Crippen LogP contribution in [0.1, 0.15) is 44.0 Å². The van der Waals surface area contributed by atoms with E-state index in [0.717, 1.165) is 25.8 Å². The summed E-state index contributed by atoms with van der Waals surface area (Å²) in [6.45, 7) is 5.77. The zero-order valence-corrected chi connectivity index (χ0v) is 14.0. The van der Waals surface area contributed by atoms with Crippen molar-refractivity contribution < 1.29 is 8.42 Å². The Kier molecular flexibility index (Phi) is 5.40. The summed E-state index contributed by atoms with van der Waals surface area (Å²) in [6.07, 6.45) is 4.49. The molecule has 0 aromatic carbocycles. The van der Waals surface area contributed by atoms with Crippen LogP contribution in [0.2, 0.25) is 0 Å². The van der Waals surface area contributed by atoms with E-state index in [1.165, 1.54) is 10.7 Å². The van der Waals surface area contributed by atoms with Gasteiger partial charge in [0, 0.05) is 20.1 Å². The van der Waals surface area contributed by atoms with Gasteiger partial charge < -0.3 is 5.32 Å². The predicted octanol–water partition coefficient (Wildman–Crippen LogP) is 1.64. The van der Waals surface area contributed by atoms with Crippen LogP contribution >= 0.6 is 0 Å². The van der Waals surface area contributed by atoms with E-state index >= 15 is 0 Å². The van der Waals surface area contributed by atoms with Crippen LogP contribution in [0.4, 0.5) is 0 Å². The fraction of sp³-hybridized carbons (Fsp3) is 0.786. The summed E-state index contributed by atoms with van der Waals surface area (Å²) >= 11 is 0. The fourth-order valence-electron chi connectivity index (χ4n) is 2.61. The lowest BCUT2D eigenvalue weighted by Crippen LogP contribution is -2.35. The molecule has 21 heavy (non-hydrogen) atoms. The molecule has 0 atom stereocenters. The third-order valence-electron chi connectivity index (χ3n) is 4.09. The first-order valence-electron chi connectivity index (χ1n) is 7.67. The molecular formula is C14H26N4O2S. The van der Waals surface area contributed by atoms with Crippen molar-refractivity contribution in [3.05, 3.63) is 11.4 Å². The van der Waals surface area contributed by atoms with Crippen LogP contribution in [0.25, 0.3) is 0 Å². The Morgan fingerprint density at radius 1 is 1.43 bits per heavy atom. The highest BCUT2D eigenvalue weighted by atomic mass is 32.2. The molecule has 7 heteroatoms. The summed E-state index contributed by atoms with van der Waals surface area (Å²) in [5.41, 5.74) is 1.20. The molecule has 2 rings (SSSR count). The van der Waals surface area contributed by atoms with Crippen molar-refractivity contribution in [2.45, 2.75) is 51.0 Å². The van der Waals surface area contributed by atoms with Crippen LogP contribution < -0.4 is 5.32 Å². The van der Waals surface area contributed by atoms with Crippen LogP contribution in [0.5, 0.6) is 0 Å². The summed E-state index contributed by atoms with van der Waals surface area (Å²) < 4.78 is 27.0. The molecule has 0 aliphatic heterocycles. The molecule has 2 N–H and O–H groups in total. The van der Waals surface area contributed by atoms with Crippen molar-refractivity contribution in [2.75, 3.05) is 20.1 Å². The quantitative estimate of drug-likeness (QED) is 0.715. The number of rotatable bonds is 8. The lowest BCUT2D eigenvalue weighted by molar-refractivity contribution is 0.263. The molecule has 0 unspecified atom stereocenters. The van der Waals surface area contributed by atoms with Crippen molar-refractivity contribution in [1.82, 2.24) is 19.8 Å². The van der Waals surface area contributed by atoms with Crippen LogP contribution in [0, 0.1) is 12.8 Å². The first-order valence-corrected chi connectivity index (χ1v) is 9.11. The maximum Gasteiger partial charge on any atom is 0.246 e. The number of hydrogen-bond acceptors (Lipinski definition) is 4. The molecule has 1 fully saturated rings. The smallest absolute Gasteiger partial charge is 0.246 e. The third-order valence-corrected chi connectivity index (χ3v) is 6.12. The Labute approximate surface area is 127 Å². The van der Waals surface area contributed by atoms with Crippen molar-refractivity contribution in [3.8, 4) is 0 Å². The summed E-state index contributed by atoms with van der Waals surface area (Å²) in [5, 5.41) is 10.2. The molecule has 0 radical (unpaired) electrons. The summed E-state index contributed by atoms with van der Waals surface area (Å²) in [7, 11) is -1.80. The van der Waals surface area contributed by atoms with Crippen LogP contribution in [-0.2, 0) is 16.6 Å². The van der Waals surface area contributed by atoms with Gasteiger partial charge in [0.05, 0.1) is 11.4 Å². The first kappa shape index (κ1) is 16.5. The molecule has 1 aliphatic carbocycles. The zero-order valence-electron chi connectivity index (χ0n) is 13.1. The Morgan fingerprint density at radius 3 is 2.71 bits per heavy atom. The standard InChI is InChI=1S/C14H26N4O2S/c1-4-8-15-9-13-14(11(2)16-17-13)21(19,20)18(3)10-12-6-5-7-12/h12,15H,4-10H2,1-3H3,(H,16,17). The second kappa shape index (κ2) is 6.89. The van der Waals surface area contributed by atoms with Crippen molar-refractivity contribution >= 4 is 10.0 Å². The summed E-state index contributed by atoms with van der Waals surface area (Å²) in [4.78, 5) is 0.341. The lowest BCUT2D eigenvalue weighted by atomic mass is 9.86. The normalized spacial score (nSPS) is 16.4. The maximum atomic E-state index is 12.8. The molecule has 1 aromatic heterocycles. The molecule has 0 amide bonds. The van der Waals surface area contributed by atoms with Crippen molar-refractivity contribution in [3.63, 3.8) is 0 Å². The van der Waals surface area contributed by atoms with Gasteiger partial charge in [0.15, 0.2) is 0 Å². The van der Waals surface area contributed by atoms with E-state index in [0.29, 0.717) is 35.3 Å². The van der Waals surface area contributed by atoms with Gasteiger partial charge in [0.25, 0.3) is 0 Å². The van der Waals surface area contributed by atoms with Gasteiger partial charge in [0.2, 0.25) is 10.0 Å². The Balaban J connectivity index is 2.15. The second-order valence-corrected chi connectivity index (χ2v) is 7.87. The minimum absolute atomic E-state index is 0.341. The van der Waals surface area contributed by atoms with Gasteiger partial charge in [-0.15, -0.1) is 0 Å². The van der Waals surface area contributed by atoms with E-state index in [-0.39, 0.29) is 0 Å². The third kappa shape index (κ3) is 3.64. The highest BCUT2D eigenvalue weighted by molar-refractivity contribution is 7.89. The molecule has 0 spiro atoms. The Morgan fingerprint density at radius 2 is 2.14 bits per heavy atom. The van der Waals surface area contributed by atoms with Gasteiger partial charge >= 0.3 is 0 Å². The maximum absolute atomic E-state index is 12.8. The van der Waals surface area contributed by atoms with Gasteiger partial charge in [0.1, 0.15) is 4.90 Å². The molecule has 1 aliphatic rings. The van der Waals surface area contributed by atoms with Crippen molar-refractivity contribution in [1.29, 1.82) is 0 Å². The van der Waals surface area contributed by atoms with Crippen LogP contribution in [0.15, 0.2) is 4.90 Å². The summed E-state index contributed by atoms with van der Waals surface area (Å²) in [5.74, 6) is 0.513. The topological polar surface area (TPSA) is 78.1 Å². The monoisotopic (exact) mass is 314 g/mol. The van der Waals surface area contributed by atoms with E-state index < -0.39 is 10.0 Å². The van der Waals surface area contributed by atoms with Gasteiger partial charge in [-0.3, -0.25) is 5.10 Å². The molecule has 120 valence electrons. The number of hydrogen-bond donors (Lipinski definition) is 2. The number of nitrogens with zero attached hydrogens (tertiary/aromatic N) is 2. The molecule has 0 saturated heterocycles. The van der Waals surface area contributed by atoms with Gasteiger partial charge in [-0.05, 0) is 38.6 Å². The lowest BCUT2D eigenvalue weighted by Gasteiger charge is -2.29. The average Bonchev–Trinajstić information content (AvgIpc) is 2.75. The van der Waals surface area contributed by atoms with Crippen LogP contribution in [-0.4, -0.2) is 43.1 Å². The minimum Gasteiger partial charge on any atom is -0.311 e. The Hall–Kier alpha value is -0.920. The SMILES string of the molecule is CCCNCc1n[nH]c(C)c1S(=O)(=O)N(C)CC1CCC1. The largest absolute Gasteiger partial charge is 0.311 e. The minimum atomic E-state index is -3.47. The van der Waals surface area contributed by atoms with Crippen LogP contribution in [0.3, 0.4) is 0 Å². The number of H-pyrrole nitrogens is 1. The first-order chi connectivity index (χ1) is 9.96. The highest BCUT2D eigenvalue weighted by Crippen LogP contribution is 2.29. The molecule has 0 bridgehead atoms. The average molecular weight is 314 g/mol. The van der Waals surface area contributed by atoms with Gasteiger partial charge in [-0.1, -0.05) is 13.3 Å². The molecule has 1 saturated carbocycles. The van der Waals surface area contributed by atoms with Crippen molar-refractivity contribution in [2.24, 2.45) is 5.92 Å². The molecule has 6 nitrogen and oxygen atoms in total. The summed E-state index contributed by atoms with van der Waals surface area (Å²) in [6, 6.07) is 0. The number of aromatic nitrogens is 2. The Bertz CT molecular complexity index is 564. The predicted molar refractivity (Wildman–Crippen MR) is 82.5 cm³/mol. The van der Waals surface area contributed by atoms with E-state index in [1.807, 2.05) is 0 Å². The van der Waals surface area contributed by atoms with Gasteiger partial charge in [-0.2, -0.15) is 5.10 Å². The number of nitrogens with one attached hydrogen (secondary N) is 2. The number of aromatic amines is 1. The van der Waals surface area contributed by atoms with E-state index in [1.54, 1.807) is 14.0 Å². The number of sulfonamides is 1. The highest BCUT2D eigenvalue weighted by Gasteiger charge is 2.31. The number of aryl methyl sites for hydroxylation is 1. The zero-order chi connectivity index (χ0) is 15.5. The van der Waals surface area contributed by atoms with E-state index in [9.17, 15) is 8.42 Å². The van der Waals surface area contributed by atoms with Gasteiger partial charge in [-0.25, -0.2) is 12.7 Å². The van der Waals surface area contributed by atoms with E-state index in [4.69, 9.17) is 0 Å². The van der Waals surface area contributed by atoms with E-state index in [2.05, 4.69) is 22.4 Å². The fourth-order valence-corrected chi connectivity index (χ4v) is 4.17. The molecule has 1 heterocycles. The molecule has 1 aromatic rings. The molecular weight excluding hydrogens is 288 g/mol. The second-order valence-electron chi connectivity index (χ2n) is 5.88.